The maximum absolute atomic E-state index is 15.2. The maximum Gasteiger partial charge on any atom is 0.269 e. The van der Waals surface area contributed by atoms with E-state index in [1.165, 1.54) is 70.8 Å². The number of rotatable bonds is 24. The summed E-state index contributed by atoms with van der Waals surface area (Å²) < 4.78 is 40.1. The molecule has 2 aliphatic rings. The van der Waals surface area contributed by atoms with Crippen molar-refractivity contribution < 1.29 is 80.0 Å². The summed E-state index contributed by atoms with van der Waals surface area (Å²) in [4.78, 5) is 172. The number of likely N-dealkylation sites (N-methyl/N-ethyl adjacent to an activating group) is 6. The lowest BCUT2D eigenvalue weighted by molar-refractivity contribution is -0.192. The Labute approximate surface area is 584 Å². The van der Waals surface area contributed by atoms with Gasteiger partial charge in [-0.15, -0.1) is 0 Å². The molecule has 6 unspecified atom stereocenters. The molecule has 0 saturated carbocycles. The molecule has 2 saturated heterocycles. The normalized spacial score (nSPS) is 26.1. The van der Waals surface area contributed by atoms with Crippen LogP contribution in [0.15, 0.2) is 0 Å². The van der Waals surface area contributed by atoms with Crippen LogP contribution in [0.3, 0.4) is 0 Å². The van der Waals surface area contributed by atoms with E-state index in [-0.39, 0.29) is 68.1 Å². The van der Waals surface area contributed by atoms with Crippen molar-refractivity contribution in [3.05, 3.63) is 0 Å². The van der Waals surface area contributed by atoms with Gasteiger partial charge in [0.1, 0.15) is 60.4 Å². The van der Waals surface area contributed by atoms with E-state index in [1.807, 2.05) is 41.5 Å². The zero-order chi connectivity index (χ0) is 75.0. The number of ether oxygens (including phenoxy) is 2. The van der Waals surface area contributed by atoms with E-state index in [0.717, 1.165) is 47.0 Å². The van der Waals surface area contributed by atoms with Crippen LogP contribution in [0.2, 0.25) is 0 Å². The predicted octanol–water partition coefficient (Wildman–Crippen LogP) is 2.71. The van der Waals surface area contributed by atoms with Crippen molar-refractivity contribution in [2.45, 2.75) is 235 Å². The number of hydrogen-bond acceptors (Lipinski definition) is 18. The Morgan fingerprint density at radius 3 is 1.57 bits per heavy atom. The molecular formula is C68H124N12O17S. The molecule has 29 nitrogen and oxygen atoms in total. The molecule has 5 N–H and O–H groups in total. The first-order valence-corrected chi connectivity index (χ1v) is 36.9. The van der Waals surface area contributed by atoms with E-state index in [0.29, 0.717) is 38.9 Å². The molecule has 564 valence electrons. The summed E-state index contributed by atoms with van der Waals surface area (Å²) in [5.41, 5.74) is 0. The molecule has 0 aromatic heterocycles. The fourth-order valence-corrected chi connectivity index (χ4v) is 12.8. The second kappa shape index (κ2) is 41.6. The van der Waals surface area contributed by atoms with Crippen LogP contribution >= 0.6 is 0 Å². The molecule has 2 fully saturated rings. The molecule has 30 heteroatoms. The smallest absolute Gasteiger partial charge is 0.269 e. The lowest BCUT2D eigenvalue weighted by atomic mass is 9.92. The zero-order valence-corrected chi connectivity index (χ0v) is 63.8. The average Bonchev–Trinajstić information content (AvgIpc) is 0.808. The Kier molecular flexibility index (Phi) is 37.4. The standard InChI is InChI=1S/C68H124N12O17S/c1-23-50-64(87)73(16)48(14)63(86)78(21)58(49(15)96-33-28-26-30-79-31-35-95-36-32-79)62(85)72-55(44(8)9)67(90)75(18)51(37-41(2)3)60(83)70-47(13)59(82)69-40-54(81)74(17)52(38-42(4)5)65(88)76(19)53(39-43(6)7)66(89)77(20)56(45(10)11)68(91)80(92)57(61(84)71-50)46(12)29-25-24-27-34-97-98(22,93)94/h41-53,55-58,92H,23-40H2,1-22H3,(H,69,82)(H,70,83)(H,71,84)(H,72,85)/t46?,47?,48-,49-,50+,51+,52+,53+,55?,56?,57?,58?/m1/s1. The van der Waals surface area contributed by atoms with Gasteiger partial charge in [0.25, 0.3) is 16.0 Å². The molecule has 0 bridgehead atoms. The van der Waals surface area contributed by atoms with Gasteiger partial charge in [0.15, 0.2) is 0 Å². The van der Waals surface area contributed by atoms with Gasteiger partial charge < -0.3 is 60.1 Å². The summed E-state index contributed by atoms with van der Waals surface area (Å²) >= 11 is 0. The van der Waals surface area contributed by atoms with Crippen molar-refractivity contribution in [3.63, 3.8) is 0 Å². The number of carbonyl (C=O) groups is 11. The molecule has 0 aliphatic carbocycles. The van der Waals surface area contributed by atoms with Crippen LogP contribution in [0.25, 0.3) is 0 Å². The highest BCUT2D eigenvalue weighted by Crippen LogP contribution is 2.26. The summed E-state index contributed by atoms with van der Waals surface area (Å²) in [5, 5.41) is 23.5. The van der Waals surface area contributed by atoms with Crippen LogP contribution in [-0.4, -0.2) is 286 Å². The fourth-order valence-electron chi connectivity index (χ4n) is 12.4. The maximum atomic E-state index is 15.2. The Morgan fingerprint density at radius 1 is 0.531 bits per heavy atom. The van der Waals surface area contributed by atoms with Crippen LogP contribution in [0.5, 0.6) is 0 Å². The minimum Gasteiger partial charge on any atom is -0.379 e. The Balaban J connectivity index is 2.97. The van der Waals surface area contributed by atoms with E-state index < -0.39 is 166 Å². The van der Waals surface area contributed by atoms with Crippen LogP contribution in [0.4, 0.5) is 0 Å². The number of amides is 11. The van der Waals surface area contributed by atoms with Gasteiger partial charge in [0.05, 0.1) is 38.7 Å². The van der Waals surface area contributed by atoms with Crippen molar-refractivity contribution in [2.24, 2.45) is 35.5 Å². The number of nitrogens with zero attached hydrogens (tertiary/aromatic N) is 8. The van der Waals surface area contributed by atoms with E-state index in [4.69, 9.17) is 13.7 Å². The zero-order valence-electron chi connectivity index (χ0n) is 63.0. The summed E-state index contributed by atoms with van der Waals surface area (Å²) in [5.74, 6) is -11.2. The monoisotopic (exact) mass is 1410 g/mol. The van der Waals surface area contributed by atoms with Gasteiger partial charge in [0.2, 0.25) is 59.1 Å². The third-order valence-corrected chi connectivity index (χ3v) is 19.1. The van der Waals surface area contributed by atoms with Gasteiger partial charge in [-0.3, -0.25) is 67.0 Å². The van der Waals surface area contributed by atoms with Gasteiger partial charge in [0, 0.05) is 62.0 Å². The molecule has 11 amide bonds. The number of hydroxylamine groups is 2. The molecule has 12 atom stereocenters. The number of hydrogen-bond donors (Lipinski definition) is 5. The van der Waals surface area contributed by atoms with Gasteiger partial charge in [-0.2, -0.15) is 8.42 Å². The Hall–Kier alpha value is -6.08. The van der Waals surface area contributed by atoms with Gasteiger partial charge in [-0.25, -0.2) is 5.06 Å². The molecule has 2 rings (SSSR count). The van der Waals surface area contributed by atoms with Crippen molar-refractivity contribution in [1.29, 1.82) is 0 Å². The molecule has 0 aromatic carbocycles. The first-order chi connectivity index (χ1) is 45.5. The fraction of sp³-hybridized carbons (Fsp3) is 0.838. The third kappa shape index (κ3) is 26.8. The highest BCUT2D eigenvalue weighted by atomic mass is 32.2. The van der Waals surface area contributed by atoms with Gasteiger partial charge in [-0.1, -0.05) is 95.9 Å². The molecule has 0 radical (unpaired) electrons. The van der Waals surface area contributed by atoms with Crippen LogP contribution in [-0.2, 0) is 76.5 Å². The summed E-state index contributed by atoms with van der Waals surface area (Å²) in [6, 6.07) is -13.5. The quantitative estimate of drug-likeness (QED) is 0.0527. The summed E-state index contributed by atoms with van der Waals surface area (Å²) in [6.45, 7) is 28.5. The number of morpholine rings is 1. The molecule has 2 heterocycles. The largest absolute Gasteiger partial charge is 0.379 e. The SMILES string of the molecule is CC[C@@H]1NC(=O)C(C(C)CCCCCOS(C)(=O)=O)N(O)C(=O)C(C(C)C)N(C)C(=O)[C@H](CC(C)C)N(C)C(=O)[C@H](CC(C)C)N(C)C(=O)CNC(=O)C(C)NC(=O)[C@H](CC(C)C)N(C)C(=O)C(C(C)C)NC(=O)C([C@@H](C)OCCCCN2CCOCC2)N(C)C(=O)[C@@H](C)N(C)C1=O. The van der Waals surface area contributed by atoms with Crippen molar-refractivity contribution in [1.82, 2.24) is 60.6 Å². The van der Waals surface area contributed by atoms with E-state index in [2.05, 4.69) is 26.2 Å². The molecule has 0 spiro atoms. The van der Waals surface area contributed by atoms with Crippen molar-refractivity contribution in [2.75, 3.05) is 101 Å². The van der Waals surface area contributed by atoms with Gasteiger partial charge in [-0.05, 0) is 114 Å². The van der Waals surface area contributed by atoms with Crippen molar-refractivity contribution in [3.8, 4) is 0 Å². The summed E-state index contributed by atoms with van der Waals surface area (Å²) in [7, 11) is 4.59. The number of unbranched alkanes of at least 4 members (excludes halogenated alkanes) is 3. The topological polar surface area (TPSA) is 344 Å². The molecule has 0 aromatic rings. The molecule has 98 heavy (non-hydrogen) atoms. The summed E-state index contributed by atoms with van der Waals surface area (Å²) in [6.07, 6.45) is 2.80. The van der Waals surface area contributed by atoms with Crippen LogP contribution in [0.1, 0.15) is 168 Å². The lowest BCUT2D eigenvalue weighted by Gasteiger charge is -2.40. The van der Waals surface area contributed by atoms with Crippen LogP contribution in [0, 0.1) is 35.5 Å². The minimum absolute atomic E-state index is 0.0575. The lowest BCUT2D eigenvalue weighted by Crippen LogP contribution is -2.63. The predicted molar refractivity (Wildman–Crippen MR) is 371 cm³/mol. The highest BCUT2D eigenvalue weighted by Gasteiger charge is 2.46. The minimum atomic E-state index is -3.72. The number of nitrogens with one attached hydrogen (secondary N) is 4. The highest BCUT2D eigenvalue weighted by molar-refractivity contribution is 7.86. The average molecular weight is 1410 g/mol. The van der Waals surface area contributed by atoms with E-state index in [9.17, 15) is 47.2 Å². The van der Waals surface area contributed by atoms with E-state index >= 15 is 19.2 Å². The van der Waals surface area contributed by atoms with Crippen LogP contribution < -0.4 is 21.3 Å². The molecular weight excluding hydrogens is 1290 g/mol. The second-order valence-corrected chi connectivity index (χ2v) is 30.5. The second-order valence-electron chi connectivity index (χ2n) is 28.9. The molecule has 2 aliphatic heterocycles. The Bertz CT molecular complexity index is 2750. The number of carbonyl (C=O) groups excluding carboxylic acids is 11. The first-order valence-electron chi connectivity index (χ1n) is 35.1. The van der Waals surface area contributed by atoms with Crippen molar-refractivity contribution >= 4 is 75.1 Å². The first kappa shape index (κ1) is 88.0. The third-order valence-electron chi connectivity index (χ3n) is 18.5. The van der Waals surface area contributed by atoms with E-state index in [1.54, 1.807) is 48.5 Å². The Morgan fingerprint density at radius 2 is 1.04 bits per heavy atom. The van der Waals surface area contributed by atoms with Gasteiger partial charge >= 0.3 is 0 Å².